The fourth-order valence-corrected chi connectivity index (χ4v) is 4.79. The fourth-order valence-electron chi connectivity index (χ4n) is 3.77. The molecule has 0 saturated carbocycles. The molecule has 4 rings (SSSR count). The second-order valence-electron chi connectivity index (χ2n) is 7.39. The van der Waals surface area contributed by atoms with Gasteiger partial charge in [-0.1, -0.05) is 48.5 Å². The first-order chi connectivity index (χ1) is 15.0. The number of hydrogen-bond acceptors (Lipinski definition) is 4. The van der Waals surface area contributed by atoms with Crippen molar-refractivity contribution >= 4 is 15.9 Å². The first-order valence-electron chi connectivity index (χ1n) is 10.0. The Labute approximate surface area is 182 Å². The molecule has 1 aliphatic heterocycles. The lowest BCUT2D eigenvalue weighted by Gasteiger charge is -2.22. The average Bonchev–Trinajstić information content (AvgIpc) is 2.96. The number of rotatable bonds is 6. The zero-order valence-corrected chi connectivity index (χ0v) is 18.1. The minimum absolute atomic E-state index is 0.117. The Balaban J connectivity index is 1.59. The van der Waals surface area contributed by atoms with Crippen molar-refractivity contribution in [2.45, 2.75) is 18.0 Å². The number of nitrogens with zero attached hydrogens (tertiary/aromatic N) is 1. The molecule has 7 heteroatoms. The molecule has 3 aromatic rings. The molecule has 160 valence electrons. The summed E-state index contributed by atoms with van der Waals surface area (Å²) in [7, 11) is -2.13. The molecule has 0 atom stereocenters. The van der Waals surface area contributed by atoms with Crippen LogP contribution in [-0.2, 0) is 27.8 Å². The van der Waals surface area contributed by atoms with Crippen LogP contribution in [0.1, 0.15) is 21.5 Å². The van der Waals surface area contributed by atoms with Gasteiger partial charge < -0.3 is 9.64 Å². The van der Waals surface area contributed by atoms with Crippen molar-refractivity contribution in [3.05, 3.63) is 89.5 Å². The van der Waals surface area contributed by atoms with Gasteiger partial charge in [-0.15, -0.1) is 0 Å². The van der Waals surface area contributed by atoms with Crippen molar-refractivity contribution in [1.82, 2.24) is 9.62 Å². The molecule has 0 spiro atoms. The van der Waals surface area contributed by atoms with Crippen LogP contribution < -0.4 is 4.72 Å². The number of hydrogen-bond donors (Lipinski definition) is 1. The lowest BCUT2D eigenvalue weighted by Crippen LogP contribution is -2.30. The number of amides is 1. The largest absolute Gasteiger partial charge is 0.383 e. The van der Waals surface area contributed by atoms with Crippen LogP contribution in [-0.4, -0.2) is 39.5 Å². The second-order valence-corrected chi connectivity index (χ2v) is 9.16. The molecule has 31 heavy (non-hydrogen) atoms. The van der Waals surface area contributed by atoms with E-state index in [-0.39, 0.29) is 24.0 Å². The van der Waals surface area contributed by atoms with E-state index in [0.717, 1.165) is 22.3 Å². The van der Waals surface area contributed by atoms with Gasteiger partial charge in [0.15, 0.2) is 0 Å². The van der Waals surface area contributed by atoms with Crippen LogP contribution in [0.5, 0.6) is 0 Å². The predicted octanol–water partition coefficient (Wildman–Crippen LogP) is 3.43. The number of fused-ring (bicyclic) bond motifs is 3. The molecule has 1 aliphatic rings. The van der Waals surface area contributed by atoms with E-state index in [0.29, 0.717) is 18.7 Å². The third-order valence-electron chi connectivity index (χ3n) is 5.34. The Morgan fingerprint density at radius 1 is 0.903 bits per heavy atom. The maximum Gasteiger partial charge on any atom is 0.254 e. The van der Waals surface area contributed by atoms with Gasteiger partial charge in [0.1, 0.15) is 0 Å². The highest BCUT2D eigenvalue weighted by Crippen LogP contribution is 2.33. The molecule has 3 aromatic carbocycles. The van der Waals surface area contributed by atoms with E-state index >= 15 is 0 Å². The van der Waals surface area contributed by atoms with E-state index in [4.69, 9.17) is 4.74 Å². The van der Waals surface area contributed by atoms with E-state index in [1.54, 1.807) is 17.0 Å². The number of nitrogens with one attached hydrogen (secondary N) is 1. The van der Waals surface area contributed by atoms with Crippen LogP contribution in [0.3, 0.4) is 0 Å². The minimum Gasteiger partial charge on any atom is -0.383 e. The smallest absolute Gasteiger partial charge is 0.254 e. The molecule has 0 bridgehead atoms. The Bertz CT molecular complexity index is 1140. The van der Waals surface area contributed by atoms with Crippen molar-refractivity contribution < 1.29 is 17.9 Å². The summed E-state index contributed by atoms with van der Waals surface area (Å²) in [6.45, 7) is 1.45. The zero-order valence-electron chi connectivity index (χ0n) is 17.2. The van der Waals surface area contributed by atoms with Crippen LogP contribution in [0.15, 0.2) is 77.7 Å². The Morgan fingerprint density at radius 2 is 1.45 bits per heavy atom. The third-order valence-corrected chi connectivity index (χ3v) is 6.82. The van der Waals surface area contributed by atoms with Crippen molar-refractivity contribution in [1.29, 1.82) is 0 Å². The minimum atomic E-state index is -3.64. The first-order valence-corrected chi connectivity index (χ1v) is 11.5. The lowest BCUT2D eigenvalue weighted by atomic mass is 9.97. The SMILES string of the molecule is COCCNS(=O)(=O)c1ccc(C(=O)N2Cc3ccccc3-c3ccccc3C2)cc1. The van der Waals surface area contributed by atoms with Gasteiger partial charge in [0.05, 0.1) is 11.5 Å². The molecule has 1 heterocycles. The second kappa shape index (κ2) is 9.01. The molecular weight excluding hydrogens is 412 g/mol. The summed E-state index contributed by atoms with van der Waals surface area (Å²) in [4.78, 5) is 15.2. The Kier molecular flexibility index (Phi) is 6.18. The molecule has 0 saturated heterocycles. The highest BCUT2D eigenvalue weighted by atomic mass is 32.2. The monoisotopic (exact) mass is 436 g/mol. The summed E-state index contributed by atoms with van der Waals surface area (Å²) in [5.41, 5.74) is 4.89. The third kappa shape index (κ3) is 4.54. The van der Waals surface area contributed by atoms with Crippen molar-refractivity contribution in [2.75, 3.05) is 20.3 Å². The van der Waals surface area contributed by atoms with Crippen molar-refractivity contribution in [2.24, 2.45) is 0 Å². The van der Waals surface area contributed by atoms with Crippen molar-refractivity contribution in [3.8, 4) is 11.1 Å². The predicted molar refractivity (Wildman–Crippen MR) is 119 cm³/mol. The van der Waals surface area contributed by atoms with E-state index in [2.05, 4.69) is 16.9 Å². The van der Waals surface area contributed by atoms with Gasteiger partial charge in [0.25, 0.3) is 5.91 Å². The summed E-state index contributed by atoms with van der Waals surface area (Å²) in [6.07, 6.45) is 0. The summed E-state index contributed by atoms with van der Waals surface area (Å²) in [5, 5.41) is 0. The van der Waals surface area contributed by atoms with E-state index in [9.17, 15) is 13.2 Å². The van der Waals surface area contributed by atoms with Gasteiger partial charge in [0.2, 0.25) is 10.0 Å². The highest BCUT2D eigenvalue weighted by Gasteiger charge is 2.24. The fraction of sp³-hybridized carbons (Fsp3) is 0.208. The molecule has 0 unspecified atom stereocenters. The lowest BCUT2D eigenvalue weighted by molar-refractivity contribution is 0.0732. The number of carbonyl (C=O) groups is 1. The van der Waals surface area contributed by atoms with Crippen LogP contribution in [0.2, 0.25) is 0 Å². The summed E-state index contributed by atoms with van der Waals surface area (Å²) in [6, 6.07) is 22.3. The molecular formula is C24H24N2O4S. The number of ether oxygens (including phenoxy) is 1. The van der Waals surface area contributed by atoms with Crippen LogP contribution in [0, 0.1) is 0 Å². The number of carbonyl (C=O) groups excluding carboxylic acids is 1. The van der Waals surface area contributed by atoms with Gasteiger partial charge in [0, 0.05) is 32.3 Å². The standard InChI is InChI=1S/C24H24N2O4S/c1-30-15-14-25-31(28,29)21-12-10-18(11-13-21)24(27)26-16-19-6-2-4-8-22(19)23-9-5-3-7-20(23)17-26/h2-13,25H,14-17H2,1H3. The number of benzene rings is 3. The quantitative estimate of drug-likeness (QED) is 0.601. The van der Waals surface area contributed by atoms with E-state index < -0.39 is 10.0 Å². The summed E-state index contributed by atoms with van der Waals surface area (Å²) in [5.74, 6) is -0.136. The first kappa shape index (κ1) is 21.2. The summed E-state index contributed by atoms with van der Waals surface area (Å²) >= 11 is 0. The molecule has 1 amide bonds. The molecule has 1 N–H and O–H groups in total. The normalized spacial score (nSPS) is 13.3. The number of sulfonamides is 1. The van der Waals surface area contributed by atoms with Crippen LogP contribution in [0.25, 0.3) is 11.1 Å². The van der Waals surface area contributed by atoms with E-state index in [1.807, 2.05) is 36.4 Å². The Morgan fingerprint density at radius 3 is 2.00 bits per heavy atom. The zero-order chi connectivity index (χ0) is 21.8. The molecule has 0 fully saturated rings. The van der Waals surface area contributed by atoms with Gasteiger partial charge in [-0.3, -0.25) is 4.79 Å². The maximum atomic E-state index is 13.3. The molecule has 0 aromatic heterocycles. The number of methoxy groups -OCH3 is 1. The summed E-state index contributed by atoms with van der Waals surface area (Å²) < 4.78 is 32.0. The van der Waals surface area contributed by atoms with Gasteiger partial charge >= 0.3 is 0 Å². The average molecular weight is 437 g/mol. The maximum absolute atomic E-state index is 13.3. The molecule has 0 aliphatic carbocycles. The van der Waals surface area contributed by atoms with Crippen LogP contribution in [0.4, 0.5) is 0 Å². The van der Waals surface area contributed by atoms with Gasteiger partial charge in [-0.2, -0.15) is 0 Å². The topological polar surface area (TPSA) is 75.7 Å². The Hall–Kier alpha value is -3.00. The van der Waals surface area contributed by atoms with Crippen LogP contribution >= 0.6 is 0 Å². The van der Waals surface area contributed by atoms with Crippen molar-refractivity contribution in [3.63, 3.8) is 0 Å². The molecule has 0 radical (unpaired) electrons. The highest BCUT2D eigenvalue weighted by molar-refractivity contribution is 7.89. The molecule has 6 nitrogen and oxygen atoms in total. The van der Waals surface area contributed by atoms with Gasteiger partial charge in [-0.25, -0.2) is 13.1 Å². The van der Waals surface area contributed by atoms with E-state index in [1.165, 1.54) is 19.2 Å². The van der Waals surface area contributed by atoms with Gasteiger partial charge in [-0.05, 0) is 46.5 Å².